The first-order valence-corrected chi connectivity index (χ1v) is 11.6. The van der Waals surface area contributed by atoms with Gasteiger partial charge in [0.15, 0.2) is 11.4 Å². The summed E-state index contributed by atoms with van der Waals surface area (Å²) in [7, 11) is 0. The number of aromatic amines is 1. The number of piperidine rings is 1. The molecule has 1 saturated heterocycles. The second kappa shape index (κ2) is 8.44. The molecule has 3 aromatic heterocycles. The summed E-state index contributed by atoms with van der Waals surface area (Å²) in [6, 6.07) is 12.7. The summed E-state index contributed by atoms with van der Waals surface area (Å²) in [5, 5.41) is 11.6. The molecule has 4 heterocycles. The molecule has 1 aromatic carbocycles. The molecule has 0 amide bonds. The van der Waals surface area contributed by atoms with Crippen molar-refractivity contribution in [2.24, 2.45) is 0 Å². The Balaban J connectivity index is 1.62. The lowest BCUT2D eigenvalue weighted by Gasteiger charge is -2.31. The predicted molar refractivity (Wildman–Crippen MR) is 130 cm³/mol. The Hall–Kier alpha value is -2.70. The van der Waals surface area contributed by atoms with E-state index in [9.17, 15) is 5.26 Å². The van der Waals surface area contributed by atoms with Gasteiger partial charge in [0.1, 0.15) is 17.8 Å². The molecule has 0 bridgehead atoms. The van der Waals surface area contributed by atoms with Crippen LogP contribution in [-0.2, 0) is 0 Å². The number of hydrogen-bond acceptors (Lipinski definition) is 5. The predicted octanol–water partition coefficient (Wildman–Crippen LogP) is 5.12. The Morgan fingerprint density at radius 2 is 2.03 bits per heavy atom. The van der Waals surface area contributed by atoms with Gasteiger partial charge in [-0.2, -0.15) is 5.26 Å². The molecule has 7 heteroatoms. The topological polar surface area (TPSA) is 77.8 Å². The van der Waals surface area contributed by atoms with Crippen molar-refractivity contribution in [1.29, 1.82) is 5.26 Å². The summed E-state index contributed by atoms with van der Waals surface area (Å²) in [5.74, 6) is 0.572. The molecule has 0 saturated carbocycles. The third kappa shape index (κ3) is 3.86. The third-order valence-electron chi connectivity index (χ3n) is 5.97. The summed E-state index contributed by atoms with van der Waals surface area (Å²) in [6.45, 7) is 5.27. The fraction of sp³-hybridized carbons (Fsp3) is 0.292. The first-order valence-electron chi connectivity index (χ1n) is 10.5. The van der Waals surface area contributed by atoms with Gasteiger partial charge < -0.3 is 14.6 Å². The van der Waals surface area contributed by atoms with Crippen molar-refractivity contribution in [3.63, 3.8) is 0 Å². The molecule has 1 fully saturated rings. The minimum atomic E-state index is 0.0825. The fourth-order valence-electron chi connectivity index (χ4n) is 4.27. The van der Waals surface area contributed by atoms with Gasteiger partial charge in [0.25, 0.3) is 0 Å². The number of likely N-dealkylation sites (tertiary alicyclic amines) is 1. The number of nitriles is 1. The number of fused-ring (bicyclic) bond motifs is 3. The standard InChI is InChI=1S/C24H22IN5O/c1-2-30-8-6-18(7-9-30)31-23-20(12-26)27-14-21-22(23)19-11-16(13-28-24(19)29-21)15-4-3-5-17(25)10-15/h3-5,10-11,13-14,18H,2,6-9H2,1H3,(H,28,29). The van der Waals surface area contributed by atoms with E-state index in [1.54, 1.807) is 6.20 Å². The van der Waals surface area contributed by atoms with Gasteiger partial charge in [-0.3, -0.25) is 0 Å². The number of hydrogen-bond donors (Lipinski definition) is 1. The summed E-state index contributed by atoms with van der Waals surface area (Å²) in [6.07, 6.45) is 5.56. The molecule has 0 unspecified atom stereocenters. The smallest absolute Gasteiger partial charge is 0.183 e. The highest BCUT2D eigenvalue weighted by Crippen LogP contribution is 2.37. The lowest BCUT2D eigenvalue weighted by molar-refractivity contribution is 0.104. The van der Waals surface area contributed by atoms with Crippen LogP contribution < -0.4 is 4.74 Å². The molecule has 0 atom stereocenters. The Labute approximate surface area is 194 Å². The second-order valence-corrected chi connectivity index (χ2v) is 9.09. The number of pyridine rings is 2. The third-order valence-corrected chi connectivity index (χ3v) is 6.65. The minimum Gasteiger partial charge on any atom is -0.487 e. The van der Waals surface area contributed by atoms with Crippen molar-refractivity contribution in [2.75, 3.05) is 19.6 Å². The molecule has 1 aliphatic rings. The molecule has 1 aliphatic heterocycles. The van der Waals surface area contributed by atoms with Gasteiger partial charge in [-0.15, -0.1) is 0 Å². The maximum Gasteiger partial charge on any atom is 0.183 e. The highest BCUT2D eigenvalue weighted by molar-refractivity contribution is 14.1. The number of nitrogens with one attached hydrogen (secondary N) is 1. The number of aromatic nitrogens is 3. The number of rotatable bonds is 4. The van der Waals surface area contributed by atoms with E-state index in [0.717, 1.165) is 65.5 Å². The molecule has 6 nitrogen and oxygen atoms in total. The Morgan fingerprint density at radius 1 is 1.19 bits per heavy atom. The van der Waals surface area contributed by atoms with Crippen LogP contribution in [0.4, 0.5) is 0 Å². The van der Waals surface area contributed by atoms with Crippen LogP contribution in [0.3, 0.4) is 0 Å². The molecule has 4 aromatic rings. The Bertz CT molecular complexity index is 1300. The van der Waals surface area contributed by atoms with E-state index in [4.69, 9.17) is 4.74 Å². The van der Waals surface area contributed by atoms with Crippen molar-refractivity contribution in [3.8, 4) is 22.9 Å². The maximum atomic E-state index is 9.73. The van der Waals surface area contributed by atoms with Gasteiger partial charge >= 0.3 is 0 Å². The van der Waals surface area contributed by atoms with E-state index < -0.39 is 0 Å². The lowest BCUT2D eigenvalue weighted by Crippen LogP contribution is -2.38. The number of nitrogens with zero attached hydrogens (tertiary/aromatic N) is 4. The Morgan fingerprint density at radius 3 is 2.77 bits per heavy atom. The Kier molecular flexibility index (Phi) is 5.50. The van der Waals surface area contributed by atoms with Crippen LogP contribution in [0.5, 0.6) is 5.75 Å². The van der Waals surface area contributed by atoms with Crippen LogP contribution in [0.2, 0.25) is 0 Å². The largest absolute Gasteiger partial charge is 0.487 e. The molecule has 5 rings (SSSR count). The fourth-order valence-corrected chi connectivity index (χ4v) is 4.81. The zero-order valence-electron chi connectivity index (χ0n) is 17.2. The molecule has 0 aliphatic carbocycles. The van der Waals surface area contributed by atoms with Gasteiger partial charge in [0, 0.05) is 33.8 Å². The van der Waals surface area contributed by atoms with Gasteiger partial charge in [-0.1, -0.05) is 19.1 Å². The average Bonchev–Trinajstić information content (AvgIpc) is 3.18. The van der Waals surface area contributed by atoms with Crippen LogP contribution in [0, 0.1) is 14.9 Å². The molecular weight excluding hydrogens is 501 g/mol. The SMILES string of the molecule is CCN1CCC(Oc2c(C#N)ncc3[nH]c4ncc(-c5cccc(I)c5)cc4c23)CC1. The van der Waals surface area contributed by atoms with E-state index in [2.05, 4.69) is 79.7 Å². The van der Waals surface area contributed by atoms with Gasteiger partial charge in [0.2, 0.25) is 0 Å². The van der Waals surface area contributed by atoms with Gasteiger partial charge in [-0.25, -0.2) is 9.97 Å². The van der Waals surface area contributed by atoms with E-state index in [-0.39, 0.29) is 6.10 Å². The van der Waals surface area contributed by atoms with Crippen LogP contribution in [0.25, 0.3) is 33.1 Å². The number of benzene rings is 1. The molecule has 1 N–H and O–H groups in total. The van der Waals surface area contributed by atoms with Crippen LogP contribution in [-0.4, -0.2) is 45.6 Å². The van der Waals surface area contributed by atoms with E-state index in [1.165, 1.54) is 3.57 Å². The molecule has 31 heavy (non-hydrogen) atoms. The van der Waals surface area contributed by atoms with E-state index >= 15 is 0 Å². The molecule has 156 valence electrons. The highest BCUT2D eigenvalue weighted by atomic mass is 127. The monoisotopic (exact) mass is 523 g/mol. The minimum absolute atomic E-state index is 0.0825. The van der Waals surface area contributed by atoms with Crippen molar-refractivity contribution < 1.29 is 4.74 Å². The summed E-state index contributed by atoms with van der Waals surface area (Å²) in [4.78, 5) is 14.8. The molecule has 0 spiro atoms. The van der Waals surface area contributed by atoms with Gasteiger partial charge in [0.05, 0.1) is 17.1 Å². The van der Waals surface area contributed by atoms with Crippen molar-refractivity contribution in [1.82, 2.24) is 19.9 Å². The zero-order chi connectivity index (χ0) is 21.4. The number of ether oxygens (including phenoxy) is 1. The number of halogens is 1. The molecular formula is C24H22IN5O. The van der Waals surface area contributed by atoms with Crippen molar-refractivity contribution >= 4 is 44.5 Å². The highest BCUT2D eigenvalue weighted by Gasteiger charge is 2.24. The maximum absolute atomic E-state index is 9.73. The number of H-pyrrole nitrogens is 1. The van der Waals surface area contributed by atoms with Crippen LogP contribution >= 0.6 is 22.6 Å². The molecule has 0 radical (unpaired) electrons. The van der Waals surface area contributed by atoms with Crippen molar-refractivity contribution in [2.45, 2.75) is 25.9 Å². The van der Waals surface area contributed by atoms with Gasteiger partial charge in [-0.05, 0) is 65.7 Å². The first-order chi connectivity index (χ1) is 15.2. The second-order valence-electron chi connectivity index (χ2n) is 7.84. The average molecular weight is 523 g/mol. The summed E-state index contributed by atoms with van der Waals surface area (Å²) < 4.78 is 7.63. The van der Waals surface area contributed by atoms with Crippen molar-refractivity contribution in [3.05, 3.63) is 52.0 Å². The summed E-state index contributed by atoms with van der Waals surface area (Å²) in [5.41, 5.74) is 4.07. The summed E-state index contributed by atoms with van der Waals surface area (Å²) >= 11 is 2.32. The van der Waals surface area contributed by atoms with Crippen LogP contribution in [0.1, 0.15) is 25.5 Å². The van der Waals surface area contributed by atoms with E-state index in [1.807, 2.05) is 12.3 Å². The first kappa shape index (κ1) is 20.2. The zero-order valence-corrected chi connectivity index (χ0v) is 19.4. The normalized spacial score (nSPS) is 15.4. The van der Waals surface area contributed by atoms with Crippen LogP contribution in [0.15, 0.2) is 42.7 Å². The lowest BCUT2D eigenvalue weighted by atomic mass is 10.0. The van der Waals surface area contributed by atoms with E-state index in [0.29, 0.717) is 11.4 Å². The quantitative estimate of drug-likeness (QED) is 0.376.